The molecule has 0 saturated carbocycles. The number of rotatable bonds is 6. The van der Waals surface area contributed by atoms with E-state index < -0.39 is 0 Å². The molecule has 6 heteroatoms. The van der Waals surface area contributed by atoms with E-state index in [4.69, 9.17) is 9.51 Å². The number of pyridine rings is 1. The standard InChI is InChI=1S/C21H20N4OS/c1-14-7-9-15(10-8-14)13-17(18-6-4-12-27-18)21-24-20(25-26-21)16-5-3-11-23-19(16)22-2/h3-12,17H,13H2,1-2H3,(H,22,23). The third-order valence-electron chi connectivity index (χ3n) is 4.47. The van der Waals surface area contributed by atoms with Gasteiger partial charge in [-0.25, -0.2) is 4.98 Å². The lowest BCUT2D eigenvalue weighted by Gasteiger charge is -2.11. The molecule has 3 aromatic heterocycles. The van der Waals surface area contributed by atoms with E-state index in [-0.39, 0.29) is 5.92 Å². The fourth-order valence-corrected chi connectivity index (χ4v) is 3.85. The van der Waals surface area contributed by atoms with Crippen molar-refractivity contribution in [3.8, 4) is 11.4 Å². The molecule has 5 nitrogen and oxygen atoms in total. The molecule has 0 amide bonds. The van der Waals surface area contributed by atoms with Crippen molar-refractivity contribution in [1.29, 1.82) is 0 Å². The summed E-state index contributed by atoms with van der Waals surface area (Å²) in [5, 5.41) is 9.37. The lowest BCUT2D eigenvalue weighted by molar-refractivity contribution is 0.366. The second-order valence-electron chi connectivity index (χ2n) is 6.36. The number of aromatic nitrogens is 3. The number of aryl methyl sites for hydroxylation is 1. The van der Waals surface area contributed by atoms with Gasteiger partial charge < -0.3 is 9.84 Å². The highest BCUT2D eigenvalue weighted by Gasteiger charge is 2.24. The number of hydrogen-bond acceptors (Lipinski definition) is 6. The maximum atomic E-state index is 5.69. The molecule has 0 spiro atoms. The molecule has 4 aromatic rings. The average molecular weight is 376 g/mol. The Kier molecular flexibility index (Phi) is 4.98. The van der Waals surface area contributed by atoms with Crippen LogP contribution in [0.25, 0.3) is 11.4 Å². The molecule has 4 rings (SSSR count). The van der Waals surface area contributed by atoms with Crippen molar-refractivity contribution in [1.82, 2.24) is 15.1 Å². The zero-order chi connectivity index (χ0) is 18.6. The Hall–Kier alpha value is -2.99. The normalized spacial score (nSPS) is 12.1. The van der Waals surface area contributed by atoms with E-state index in [1.807, 2.05) is 19.2 Å². The second-order valence-corrected chi connectivity index (χ2v) is 7.34. The van der Waals surface area contributed by atoms with E-state index in [9.17, 15) is 0 Å². The van der Waals surface area contributed by atoms with Gasteiger partial charge in [0.2, 0.25) is 11.7 Å². The van der Waals surface area contributed by atoms with Gasteiger partial charge in [0.05, 0.1) is 11.5 Å². The molecule has 0 saturated heterocycles. The molecule has 27 heavy (non-hydrogen) atoms. The third-order valence-corrected chi connectivity index (χ3v) is 5.46. The molecule has 1 unspecified atom stereocenters. The number of nitrogens with zero attached hydrogens (tertiary/aromatic N) is 3. The van der Waals surface area contributed by atoms with Gasteiger partial charge in [-0.05, 0) is 42.5 Å². The molecule has 1 aromatic carbocycles. The summed E-state index contributed by atoms with van der Waals surface area (Å²) in [6, 6.07) is 16.6. The summed E-state index contributed by atoms with van der Waals surface area (Å²) in [7, 11) is 1.83. The Morgan fingerprint density at radius 2 is 1.96 bits per heavy atom. The summed E-state index contributed by atoms with van der Waals surface area (Å²) < 4.78 is 5.69. The molecule has 0 radical (unpaired) electrons. The van der Waals surface area contributed by atoms with E-state index in [2.05, 4.69) is 64.2 Å². The van der Waals surface area contributed by atoms with Crippen molar-refractivity contribution in [2.24, 2.45) is 0 Å². The molecular weight excluding hydrogens is 356 g/mol. The predicted molar refractivity (Wildman–Crippen MR) is 108 cm³/mol. The average Bonchev–Trinajstić information content (AvgIpc) is 3.40. The largest absolute Gasteiger partial charge is 0.373 e. The van der Waals surface area contributed by atoms with Crippen LogP contribution in [0.3, 0.4) is 0 Å². The summed E-state index contributed by atoms with van der Waals surface area (Å²) in [6.07, 6.45) is 2.55. The smallest absolute Gasteiger partial charge is 0.235 e. The van der Waals surface area contributed by atoms with Gasteiger partial charge in [-0.3, -0.25) is 0 Å². The molecule has 1 atom stereocenters. The molecule has 0 bridgehead atoms. The summed E-state index contributed by atoms with van der Waals surface area (Å²) in [6.45, 7) is 2.10. The maximum absolute atomic E-state index is 5.69. The summed E-state index contributed by atoms with van der Waals surface area (Å²) in [5.41, 5.74) is 3.33. The minimum absolute atomic E-state index is 0.0312. The first kappa shape index (κ1) is 17.4. The second kappa shape index (κ2) is 7.72. The molecule has 0 aliphatic carbocycles. The quantitative estimate of drug-likeness (QED) is 0.517. The van der Waals surface area contributed by atoms with E-state index in [1.165, 1.54) is 16.0 Å². The highest BCUT2D eigenvalue weighted by molar-refractivity contribution is 7.10. The van der Waals surface area contributed by atoms with E-state index in [1.54, 1.807) is 17.5 Å². The van der Waals surface area contributed by atoms with Crippen LogP contribution in [0.2, 0.25) is 0 Å². The van der Waals surface area contributed by atoms with Crippen LogP contribution < -0.4 is 5.32 Å². The first-order valence-corrected chi connectivity index (χ1v) is 9.68. The minimum Gasteiger partial charge on any atom is -0.373 e. The van der Waals surface area contributed by atoms with E-state index in [0.717, 1.165) is 17.8 Å². The topological polar surface area (TPSA) is 63.8 Å². The molecule has 1 N–H and O–H groups in total. The molecule has 0 fully saturated rings. The van der Waals surface area contributed by atoms with Gasteiger partial charge in [-0.15, -0.1) is 11.3 Å². The van der Waals surface area contributed by atoms with Gasteiger partial charge in [-0.2, -0.15) is 4.98 Å². The van der Waals surface area contributed by atoms with Crippen LogP contribution >= 0.6 is 11.3 Å². The number of hydrogen-bond donors (Lipinski definition) is 1. The molecule has 0 aliphatic heterocycles. The van der Waals surface area contributed by atoms with Crippen molar-refractivity contribution in [3.05, 3.63) is 82.0 Å². The lowest BCUT2D eigenvalue weighted by atomic mass is 9.97. The minimum atomic E-state index is 0.0312. The van der Waals surface area contributed by atoms with Crippen LogP contribution in [0, 0.1) is 6.92 Å². The number of nitrogens with one attached hydrogen (secondary N) is 1. The Labute approximate surface area is 162 Å². The summed E-state index contributed by atoms with van der Waals surface area (Å²) in [5.74, 6) is 1.94. The fraction of sp³-hybridized carbons (Fsp3) is 0.190. The van der Waals surface area contributed by atoms with Crippen molar-refractivity contribution >= 4 is 17.2 Å². The lowest BCUT2D eigenvalue weighted by Crippen LogP contribution is -2.04. The Morgan fingerprint density at radius 1 is 1.11 bits per heavy atom. The fourth-order valence-electron chi connectivity index (χ4n) is 3.03. The number of anilines is 1. The SMILES string of the molecule is CNc1ncccc1-c1noc(C(Cc2ccc(C)cc2)c2cccs2)n1. The predicted octanol–water partition coefficient (Wildman–Crippen LogP) is 4.92. The first-order chi connectivity index (χ1) is 13.2. The maximum Gasteiger partial charge on any atom is 0.235 e. The van der Waals surface area contributed by atoms with Crippen LogP contribution in [0.4, 0.5) is 5.82 Å². The zero-order valence-corrected chi connectivity index (χ0v) is 16.0. The van der Waals surface area contributed by atoms with Crippen molar-refractivity contribution in [2.45, 2.75) is 19.3 Å². The summed E-state index contributed by atoms with van der Waals surface area (Å²) in [4.78, 5) is 10.2. The zero-order valence-electron chi connectivity index (χ0n) is 15.2. The van der Waals surface area contributed by atoms with Gasteiger partial charge >= 0.3 is 0 Å². The van der Waals surface area contributed by atoms with E-state index in [0.29, 0.717) is 11.7 Å². The van der Waals surface area contributed by atoms with E-state index >= 15 is 0 Å². The number of benzene rings is 1. The van der Waals surface area contributed by atoms with Gasteiger partial charge in [0.1, 0.15) is 5.82 Å². The van der Waals surface area contributed by atoms with Crippen LogP contribution in [0.15, 0.2) is 64.6 Å². The molecule has 0 aliphatic rings. The highest BCUT2D eigenvalue weighted by atomic mass is 32.1. The molecule has 136 valence electrons. The highest BCUT2D eigenvalue weighted by Crippen LogP contribution is 2.32. The Morgan fingerprint density at radius 3 is 2.70 bits per heavy atom. The van der Waals surface area contributed by atoms with Gasteiger partial charge in [0.25, 0.3) is 0 Å². The van der Waals surface area contributed by atoms with Crippen LogP contribution in [-0.2, 0) is 6.42 Å². The third kappa shape index (κ3) is 3.75. The Bertz CT molecular complexity index is 1010. The molecule has 3 heterocycles. The van der Waals surface area contributed by atoms with Crippen molar-refractivity contribution in [2.75, 3.05) is 12.4 Å². The number of thiophene rings is 1. The van der Waals surface area contributed by atoms with Crippen molar-refractivity contribution < 1.29 is 4.52 Å². The first-order valence-electron chi connectivity index (χ1n) is 8.80. The van der Waals surface area contributed by atoms with Crippen LogP contribution in [0.5, 0.6) is 0 Å². The van der Waals surface area contributed by atoms with Crippen molar-refractivity contribution in [3.63, 3.8) is 0 Å². The van der Waals surface area contributed by atoms with Gasteiger partial charge in [0.15, 0.2) is 0 Å². The van der Waals surface area contributed by atoms with Crippen LogP contribution in [-0.4, -0.2) is 22.2 Å². The monoisotopic (exact) mass is 376 g/mol. The van der Waals surface area contributed by atoms with Crippen LogP contribution in [0.1, 0.15) is 27.8 Å². The van der Waals surface area contributed by atoms with Gasteiger partial charge in [-0.1, -0.05) is 41.1 Å². The molecular formula is C21H20N4OS. The summed E-state index contributed by atoms with van der Waals surface area (Å²) >= 11 is 1.71. The van der Waals surface area contributed by atoms with Gasteiger partial charge in [0, 0.05) is 18.1 Å². The Balaban J connectivity index is 1.69.